The van der Waals surface area contributed by atoms with Gasteiger partial charge in [0.05, 0.1) is 0 Å². The summed E-state index contributed by atoms with van der Waals surface area (Å²) in [6, 6.07) is 7.32. The van der Waals surface area contributed by atoms with Crippen molar-refractivity contribution in [2.24, 2.45) is 0 Å². The van der Waals surface area contributed by atoms with Crippen LogP contribution in [0.3, 0.4) is 0 Å². The summed E-state index contributed by atoms with van der Waals surface area (Å²) in [4.78, 5) is 13.0. The first-order valence-corrected chi connectivity index (χ1v) is 5.02. The average molecular weight is 206 g/mol. The Hall–Kier alpha value is -1.71. The van der Waals surface area contributed by atoms with Gasteiger partial charge in [-0.25, -0.2) is 4.79 Å². The Kier molecular flexibility index (Phi) is 2.76. The minimum absolute atomic E-state index is 0.224. The monoisotopic (exact) mass is 206 g/mol. The minimum Gasteiger partial charge on any atom is -0.445 e. The smallest absolute Gasteiger partial charge is 0.410 e. The van der Waals surface area contributed by atoms with Gasteiger partial charge in [0.25, 0.3) is 0 Å². The van der Waals surface area contributed by atoms with Crippen molar-refractivity contribution in [1.82, 2.24) is 4.90 Å². The van der Waals surface area contributed by atoms with Crippen molar-refractivity contribution < 1.29 is 9.53 Å². The number of carbonyl (C=O) groups is 1. The third kappa shape index (κ3) is 2.40. The molecule has 1 saturated heterocycles. The van der Waals surface area contributed by atoms with Crippen molar-refractivity contribution in [3.63, 3.8) is 0 Å². The number of benzene rings is 1. The van der Waals surface area contributed by atoms with Crippen molar-refractivity contribution in [1.29, 1.82) is 0 Å². The predicted molar refractivity (Wildman–Crippen MR) is 57.2 cm³/mol. The lowest BCUT2D eigenvalue weighted by Crippen LogP contribution is -2.42. The normalized spacial score (nSPS) is 14.5. The second kappa shape index (κ2) is 4.21. The largest absolute Gasteiger partial charge is 0.445 e. The van der Waals surface area contributed by atoms with Gasteiger partial charge in [0, 0.05) is 18.8 Å². The molecule has 4 heteroatoms. The van der Waals surface area contributed by atoms with Crippen LogP contribution >= 0.6 is 0 Å². The number of ether oxygens (including phenoxy) is 1. The summed E-state index contributed by atoms with van der Waals surface area (Å²) in [6.07, 6.45) is 0.856. The predicted octanol–water partition coefficient (Wildman–Crippen LogP) is 1.61. The zero-order valence-corrected chi connectivity index (χ0v) is 8.48. The van der Waals surface area contributed by atoms with Crippen LogP contribution in [0.15, 0.2) is 24.3 Å². The first-order valence-electron chi connectivity index (χ1n) is 5.02. The van der Waals surface area contributed by atoms with Crippen LogP contribution in [0.5, 0.6) is 0 Å². The summed E-state index contributed by atoms with van der Waals surface area (Å²) in [5.41, 5.74) is 7.22. The number of hydrogen-bond acceptors (Lipinski definition) is 3. The molecule has 1 amide bonds. The maximum absolute atomic E-state index is 11.3. The molecule has 0 unspecified atom stereocenters. The molecule has 0 aromatic heterocycles. The molecule has 1 aliphatic rings. The van der Waals surface area contributed by atoms with Crippen LogP contribution in [-0.4, -0.2) is 24.1 Å². The van der Waals surface area contributed by atoms with E-state index in [1.54, 1.807) is 17.0 Å². The Balaban J connectivity index is 1.82. The van der Waals surface area contributed by atoms with E-state index in [0.29, 0.717) is 12.3 Å². The van der Waals surface area contributed by atoms with Crippen LogP contribution in [0.4, 0.5) is 10.5 Å². The van der Waals surface area contributed by atoms with Crippen LogP contribution in [-0.2, 0) is 11.3 Å². The number of amides is 1. The number of rotatable bonds is 2. The van der Waals surface area contributed by atoms with Gasteiger partial charge in [-0.1, -0.05) is 12.1 Å². The molecule has 4 nitrogen and oxygen atoms in total. The van der Waals surface area contributed by atoms with Gasteiger partial charge in [0.1, 0.15) is 6.61 Å². The number of carbonyl (C=O) groups excluding carboxylic acids is 1. The van der Waals surface area contributed by atoms with Crippen molar-refractivity contribution in [3.05, 3.63) is 29.8 Å². The molecule has 0 spiro atoms. The highest BCUT2D eigenvalue weighted by Crippen LogP contribution is 2.11. The molecule has 80 valence electrons. The Bertz CT molecular complexity index is 344. The SMILES string of the molecule is Nc1ccc(COC(=O)N2CCC2)cc1. The van der Waals surface area contributed by atoms with Crippen molar-refractivity contribution in [2.75, 3.05) is 18.8 Å². The van der Waals surface area contributed by atoms with Crippen LogP contribution in [0.1, 0.15) is 12.0 Å². The molecule has 0 radical (unpaired) electrons. The Morgan fingerprint density at radius 1 is 1.33 bits per heavy atom. The van der Waals surface area contributed by atoms with E-state index in [1.165, 1.54) is 0 Å². The molecular formula is C11H14N2O2. The Morgan fingerprint density at radius 3 is 2.53 bits per heavy atom. The number of anilines is 1. The zero-order chi connectivity index (χ0) is 10.7. The summed E-state index contributed by atoms with van der Waals surface area (Å²) in [5.74, 6) is 0. The molecule has 2 rings (SSSR count). The summed E-state index contributed by atoms with van der Waals surface area (Å²) in [7, 11) is 0. The number of nitrogens with zero attached hydrogens (tertiary/aromatic N) is 1. The van der Waals surface area contributed by atoms with Gasteiger partial charge in [-0.2, -0.15) is 0 Å². The highest BCUT2D eigenvalue weighted by molar-refractivity contribution is 5.68. The van der Waals surface area contributed by atoms with Crippen LogP contribution in [0, 0.1) is 0 Å². The van der Waals surface area contributed by atoms with E-state index < -0.39 is 0 Å². The summed E-state index contributed by atoms with van der Waals surface area (Å²) in [6.45, 7) is 1.96. The fourth-order valence-electron chi connectivity index (χ4n) is 1.35. The van der Waals surface area contributed by atoms with E-state index in [1.807, 2.05) is 12.1 Å². The Labute approximate surface area is 88.6 Å². The maximum Gasteiger partial charge on any atom is 0.410 e. The Morgan fingerprint density at radius 2 is 2.00 bits per heavy atom. The van der Waals surface area contributed by atoms with E-state index in [0.717, 1.165) is 25.1 Å². The number of likely N-dealkylation sites (tertiary alicyclic amines) is 1. The quantitative estimate of drug-likeness (QED) is 0.748. The molecule has 2 N–H and O–H groups in total. The second-order valence-electron chi connectivity index (χ2n) is 3.64. The van der Waals surface area contributed by atoms with Crippen LogP contribution in [0.25, 0.3) is 0 Å². The standard InChI is InChI=1S/C11H14N2O2/c12-10-4-2-9(3-5-10)8-15-11(14)13-6-1-7-13/h2-5H,1,6-8,12H2. The van der Waals surface area contributed by atoms with Gasteiger partial charge in [-0.05, 0) is 24.1 Å². The van der Waals surface area contributed by atoms with E-state index in [4.69, 9.17) is 10.5 Å². The zero-order valence-electron chi connectivity index (χ0n) is 8.48. The molecule has 1 aromatic carbocycles. The van der Waals surface area contributed by atoms with E-state index in [-0.39, 0.29) is 6.09 Å². The lowest BCUT2D eigenvalue weighted by molar-refractivity contribution is 0.0755. The van der Waals surface area contributed by atoms with Gasteiger partial charge in [-0.3, -0.25) is 0 Å². The third-order valence-electron chi connectivity index (χ3n) is 2.46. The summed E-state index contributed by atoms with van der Waals surface area (Å²) >= 11 is 0. The summed E-state index contributed by atoms with van der Waals surface area (Å²) in [5, 5.41) is 0. The molecule has 1 aromatic rings. The van der Waals surface area contributed by atoms with E-state index in [9.17, 15) is 4.79 Å². The highest BCUT2D eigenvalue weighted by atomic mass is 16.6. The van der Waals surface area contributed by atoms with Gasteiger partial charge in [0.2, 0.25) is 0 Å². The lowest BCUT2D eigenvalue weighted by atomic mass is 10.2. The first-order chi connectivity index (χ1) is 7.25. The number of hydrogen-bond donors (Lipinski definition) is 1. The molecule has 1 heterocycles. The van der Waals surface area contributed by atoms with Gasteiger partial charge >= 0.3 is 6.09 Å². The molecule has 1 aliphatic heterocycles. The molecule has 0 atom stereocenters. The topological polar surface area (TPSA) is 55.6 Å². The van der Waals surface area contributed by atoms with Crippen molar-refractivity contribution in [2.45, 2.75) is 13.0 Å². The van der Waals surface area contributed by atoms with E-state index >= 15 is 0 Å². The number of nitrogen functional groups attached to an aromatic ring is 1. The van der Waals surface area contributed by atoms with Gasteiger partial charge in [0.15, 0.2) is 0 Å². The van der Waals surface area contributed by atoms with Gasteiger partial charge < -0.3 is 15.4 Å². The first kappa shape index (κ1) is 9.83. The van der Waals surface area contributed by atoms with Crippen molar-refractivity contribution in [3.8, 4) is 0 Å². The van der Waals surface area contributed by atoms with Crippen molar-refractivity contribution >= 4 is 11.8 Å². The third-order valence-corrected chi connectivity index (χ3v) is 2.46. The molecule has 0 aliphatic carbocycles. The van der Waals surface area contributed by atoms with Crippen LogP contribution < -0.4 is 5.73 Å². The minimum atomic E-state index is -0.224. The fourth-order valence-corrected chi connectivity index (χ4v) is 1.35. The summed E-state index contributed by atoms with van der Waals surface area (Å²) < 4.78 is 5.12. The lowest BCUT2D eigenvalue weighted by Gasteiger charge is -2.29. The fraction of sp³-hybridized carbons (Fsp3) is 0.364. The maximum atomic E-state index is 11.3. The molecule has 15 heavy (non-hydrogen) atoms. The second-order valence-corrected chi connectivity index (χ2v) is 3.64. The molecular weight excluding hydrogens is 192 g/mol. The van der Waals surface area contributed by atoms with E-state index in [2.05, 4.69) is 0 Å². The van der Waals surface area contributed by atoms with Crippen LogP contribution in [0.2, 0.25) is 0 Å². The number of nitrogens with two attached hydrogens (primary N) is 1. The van der Waals surface area contributed by atoms with Gasteiger partial charge in [-0.15, -0.1) is 0 Å². The highest BCUT2D eigenvalue weighted by Gasteiger charge is 2.21. The molecule has 0 bridgehead atoms. The molecule has 1 fully saturated rings. The average Bonchev–Trinajstić information content (AvgIpc) is 2.14. The molecule has 0 saturated carbocycles.